The molecule has 4 heterocycles. The number of hydrogen-bond donors (Lipinski definition) is 2. The van der Waals surface area contributed by atoms with Crippen molar-refractivity contribution in [3.8, 4) is 11.3 Å². The third-order valence-corrected chi connectivity index (χ3v) is 7.99. The molecule has 0 aliphatic rings. The Hall–Kier alpha value is -3.43. The summed E-state index contributed by atoms with van der Waals surface area (Å²) in [7, 11) is 0. The van der Waals surface area contributed by atoms with Gasteiger partial charge in [-0.05, 0) is 50.6 Å². The minimum absolute atomic E-state index is 0.100. The van der Waals surface area contributed by atoms with Crippen LogP contribution in [0, 0.1) is 13.8 Å². The summed E-state index contributed by atoms with van der Waals surface area (Å²) in [5, 5.41) is 3.31. The zero-order valence-electron chi connectivity index (χ0n) is 19.0. The van der Waals surface area contributed by atoms with Gasteiger partial charge < -0.3 is 14.7 Å². The molecule has 0 fully saturated rings. The number of imidazole rings is 1. The fourth-order valence-corrected chi connectivity index (χ4v) is 5.49. The molecule has 5 aromatic rings. The molecule has 0 aliphatic heterocycles. The zero-order valence-corrected chi connectivity index (χ0v) is 20.6. The van der Waals surface area contributed by atoms with Crippen LogP contribution in [-0.2, 0) is 10.5 Å². The first-order valence-corrected chi connectivity index (χ1v) is 12.7. The van der Waals surface area contributed by atoms with Crippen LogP contribution in [0.15, 0.2) is 59.7 Å². The molecule has 172 valence electrons. The maximum absolute atomic E-state index is 12.7. The molecule has 1 aromatic carbocycles. The summed E-state index contributed by atoms with van der Waals surface area (Å²) < 4.78 is 1.98. The molecule has 1 unspecified atom stereocenters. The fraction of sp³-hybridized carbons (Fsp3) is 0.200. The van der Waals surface area contributed by atoms with E-state index in [9.17, 15) is 9.59 Å². The highest BCUT2D eigenvalue weighted by atomic mass is 32.2. The van der Waals surface area contributed by atoms with Gasteiger partial charge in [-0.1, -0.05) is 18.2 Å². The summed E-state index contributed by atoms with van der Waals surface area (Å²) in [5.41, 5.74) is 4.33. The van der Waals surface area contributed by atoms with Gasteiger partial charge in [0.25, 0.3) is 5.56 Å². The van der Waals surface area contributed by atoms with E-state index in [0.29, 0.717) is 17.0 Å². The summed E-state index contributed by atoms with van der Waals surface area (Å²) in [6.07, 6.45) is 3.95. The number of nitrogens with one attached hydrogen (secondary N) is 2. The smallest absolute Gasteiger partial charge is 0.259 e. The lowest BCUT2D eigenvalue weighted by atomic mass is 10.1. The summed E-state index contributed by atoms with van der Waals surface area (Å²) in [4.78, 5) is 39.1. The van der Waals surface area contributed by atoms with Crippen molar-refractivity contribution in [1.82, 2.24) is 19.4 Å². The second-order valence-electron chi connectivity index (χ2n) is 8.09. The van der Waals surface area contributed by atoms with Crippen LogP contribution in [0.25, 0.3) is 27.1 Å². The molecular weight excluding hydrogens is 466 g/mol. The quantitative estimate of drug-likeness (QED) is 0.343. The van der Waals surface area contributed by atoms with Gasteiger partial charge in [0.2, 0.25) is 5.91 Å². The molecule has 4 aromatic heterocycles. The van der Waals surface area contributed by atoms with E-state index in [1.165, 1.54) is 23.1 Å². The highest BCUT2D eigenvalue weighted by Crippen LogP contribution is 2.27. The monoisotopic (exact) mass is 489 g/mol. The van der Waals surface area contributed by atoms with Crippen LogP contribution < -0.4 is 10.9 Å². The Labute approximate surface area is 204 Å². The number of pyridine rings is 1. The van der Waals surface area contributed by atoms with Gasteiger partial charge in [0.1, 0.15) is 16.3 Å². The van der Waals surface area contributed by atoms with E-state index in [0.717, 1.165) is 37.9 Å². The van der Waals surface area contributed by atoms with Gasteiger partial charge in [0.05, 0.1) is 22.1 Å². The number of H-pyrrole nitrogens is 1. The standard InChI is InChI=1S/C25H23N5O2S2/c1-14-15(2)34-25-22(14)24(32)28-20(29-25)13-33-16(3)23(31)26-18-9-7-17(8-10-18)19-12-30-11-5-4-6-21(30)27-19/h4-12,16H,13H2,1-3H3,(H,26,31)(H,28,29,32). The molecule has 0 bridgehead atoms. The Morgan fingerprint density at radius 2 is 1.97 bits per heavy atom. The zero-order chi connectivity index (χ0) is 23.8. The van der Waals surface area contributed by atoms with Crippen molar-refractivity contribution in [2.75, 3.05) is 5.32 Å². The summed E-state index contributed by atoms with van der Waals surface area (Å²) in [6, 6.07) is 13.5. The molecule has 0 aliphatic carbocycles. The number of thiophene rings is 1. The Bertz CT molecular complexity index is 1530. The SMILES string of the molecule is Cc1sc2nc(CSC(C)C(=O)Nc3ccc(-c4cn5ccccc5n4)cc3)[nH]c(=O)c2c1C. The van der Waals surface area contributed by atoms with Crippen molar-refractivity contribution in [3.05, 3.63) is 81.5 Å². The minimum Gasteiger partial charge on any atom is -0.325 e. The number of rotatable bonds is 6. The van der Waals surface area contributed by atoms with Gasteiger partial charge in [-0.3, -0.25) is 9.59 Å². The van der Waals surface area contributed by atoms with Crippen LogP contribution in [0.2, 0.25) is 0 Å². The van der Waals surface area contributed by atoms with E-state index >= 15 is 0 Å². The lowest BCUT2D eigenvalue weighted by Crippen LogP contribution is -2.23. The van der Waals surface area contributed by atoms with Crippen LogP contribution in [0.1, 0.15) is 23.2 Å². The van der Waals surface area contributed by atoms with Gasteiger partial charge in [-0.2, -0.15) is 0 Å². The molecule has 0 saturated carbocycles. The van der Waals surface area contributed by atoms with E-state index in [1.54, 1.807) is 0 Å². The normalized spacial score (nSPS) is 12.3. The average molecular weight is 490 g/mol. The summed E-state index contributed by atoms with van der Waals surface area (Å²) in [6.45, 7) is 5.78. The van der Waals surface area contributed by atoms with E-state index in [1.807, 2.05) is 80.0 Å². The first-order valence-electron chi connectivity index (χ1n) is 10.8. The molecule has 2 N–H and O–H groups in total. The highest BCUT2D eigenvalue weighted by molar-refractivity contribution is 7.99. The summed E-state index contributed by atoms with van der Waals surface area (Å²) >= 11 is 2.96. The number of hydrogen-bond acceptors (Lipinski definition) is 6. The van der Waals surface area contributed by atoms with Crippen LogP contribution in [0.3, 0.4) is 0 Å². The average Bonchev–Trinajstić information content (AvgIpc) is 3.38. The van der Waals surface area contributed by atoms with Crippen LogP contribution in [0.5, 0.6) is 0 Å². The molecule has 1 atom stereocenters. The van der Waals surface area contributed by atoms with E-state index in [4.69, 9.17) is 0 Å². The topological polar surface area (TPSA) is 92.2 Å². The number of thioether (sulfide) groups is 1. The molecule has 0 radical (unpaired) electrons. The van der Waals surface area contributed by atoms with E-state index in [-0.39, 0.29) is 16.7 Å². The Morgan fingerprint density at radius 1 is 1.18 bits per heavy atom. The van der Waals surface area contributed by atoms with Crippen molar-refractivity contribution in [2.45, 2.75) is 31.8 Å². The molecule has 1 amide bonds. The van der Waals surface area contributed by atoms with Crippen molar-refractivity contribution < 1.29 is 4.79 Å². The number of carbonyl (C=O) groups is 1. The molecule has 5 rings (SSSR count). The molecular formula is C25H23N5O2S2. The van der Waals surface area contributed by atoms with Gasteiger partial charge >= 0.3 is 0 Å². The lowest BCUT2D eigenvalue weighted by molar-refractivity contribution is -0.115. The number of aromatic nitrogens is 4. The number of amides is 1. The molecule has 0 spiro atoms. The van der Waals surface area contributed by atoms with Crippen molar-refractivity contribution >= 4 is 50.6 Å². The van der Waals surface area contributed by atoms with Crippen LogP contribution in [0.4, 0.5) is 5.69 Å². The number of nitrogens with zero attached hydrogens (tertiary/aromatic N) is 3. The largest absolute Gasteiger partial charge is 0.325 e. The highest BCUT2D eigenvalue weighted by Gasteiger charge is 2.16. The predicted octanol–water partition coefficient (Wildman–Crippen LogP) is 5.18. The van der Waals surface area contributed by atoms with Gasteiger partial charge in [-0.25, -0.2) is 9.97 Å². The van der Waals surface area contributed by atoms with Crippen molar-refractivity contribution in [3.63, 3.8) is 0 Å². The van der Waals surface area contributed by atoms with Gasteiger partial charge in [0.15, 0.2) is 0 Å². The second kappa shape index (κ2) is 9.08. The summed E-state index contributed by atoms with van der Waals surface area (Å²) in [5.74, 6) is 0.930. The molecule has 34 heavy (non-hydrogen) atoms. The van der Waals surface area contributed by atoms with Crippen molar-refractivity contribution in [2.24, 2.45) is 0 Å². The second-order valence-corrected chi connectivity index (χ2v) is 10.6. The van der Waals surface area contributed by atoms with E-state index < -0.39 is 0 Å². The maximum Gasteiger partial charge on any atom is 0.259 e. The van der Waals surface area contributed by atoms with E-state index in [2.05, 4.69) is 20.3 Å². The third kappa shape index (κ3) is 4.36. The van der Waals surface area contributed by atoms with Gasteiger partial charge in [-0.15, -0.1) is 23.1 Å². The van der Waals surface area contributed by atoms with Gasteiger partial charge in [0, 0.05) is 28.5 Å². The number of anilines is 1. The Balaban J connectivity index is 1.22. The minimum atomic E-state index is -0.314. The Kier molecular flexibility index (Phi) is 5.97. The third-order valence-electron chi connectivity index (χ3n) is 5.74. The number of benzene rings is 1. The van der Waals surface area contributed by atoms with Crippen molar-refractivity contribution in [1.29, 1.82) is 0 Å². The molecule has 0 saturated heterocycles. The van der Waals surface area contributed by atoms with Crippen LogP contribution >= 0.6 is 23.1 Å². The lowest BCUT2D eigenvalue weighted by Gasteiger charge is -2.12. The fourth-order valence-electron chi connectivity index (χ4n) is 3.69. The predicted molar refractivity (Wildman–Crippen MR) is 140 cm³/mol. The number of fused-ring (bicyclic) bond motifs is 2. The first kappa shape index (κ1) is 22.4. The first-order chi connectivity index (χ1) is 16.4. The Morgan fingerprint density at radius 3 is 2.74 bits per heavy atom. The number of carbonyl (C=O) groups excluding carboxylic acids is 1. The molecule has 9 heteroatoms. The number of aryl methyl sites for hydroxylation is 2. The van der Waals surface area contributed by atoms with Crippen LogP contribution in [-0.4, -0.2) is 30.5 Å². The maximum atomic E-state index is 12.7. The molecule has 7 nitrogen and oxygen atoms in total. The number of aromatic amines is 1.